The molecule has 1 N–H and O–H groups in total. The minimum Gasteiger partial charge on any atom is -0.472 e. The van der Waals surface area contributed by atoms with Crippen molar-refractivity contribution in [2.75, 3.05) is 19.9 Å². The molecule has 2 rings (SSSR count). The SMILES string of the molecule is COC(=O)c1c(SC)ccnc1O[C@@H]1CC[C@@H](C)NC1. The first-order valence-corrected chi connectivity index (χ1v) is 7.89. The lowest BCUT2D eigenvalue weighted by Gasteiger charge is -2.28. The highest BCUT2D eigenvalue weighted by Crippen LogP contribution is 2.29. The van der Waals surface area contributed by atoms with Crippen LogP contribution in [0.5, 0.6) is 5.88 Å². The monoisotopic (exact) mass is 296 g/mol. The lowest BCUT2D eigenvalue weighted by Crippen LogP contribution is -2.42. The third-order valence-electron chi connectivity index (χ3n) is 3.38. The van der Waals surface area contributed by atoms with Crippen molar-refractivity contribution in [3.8, 4) is 5.88 Å². The number of esters is 1. The number of carbonyl (C=O) groups is 1. The maximum absolute atomic E-state index is 11.9. The van der Waals surface area contributed by atoms with Crippen molar-refractivity contribution in [1.82, 2.24) is 10.3 Å². The van der Waals surface area contributed by atoms with Gasteiger partial charge in [0.2, 0.25) is 5.88 Å². The second kappa shape index (κ2) is 6.95. The van der Waals surface area contributed by atoms with Crippen molar-refractivity contribution in [1.29, 1.82) is 0 Å². The predicted molar refractivity (Wildman–Crippen MR) is 78.5 cm³/mol. The van der Waals surface area contributed by atoms with E-state index in [4.69, 9.17) is 9.47 Å². The summed E-state index contributed by atoms with van der Waals surface area (Å²) in [7, 11) is 1.37. The number of methoxy groups -OCH3 is 1. The molecule has 110 valence electrons. The van der Waals surface area contributed by atoms with Crippen LogP contribution in [0.3, 0.4) is 0 Å². The van der Waals surface area contributed by atoms with Crippen LogP contribution in [0.25, 0.3) is 0 Å². The maximum Gasteiger partial charge on any atom is 0.344 e. The number of aromatic nitrogens is 1. The molecule has 0 unspecified atom stereocenters. The topological polar surface area (TPSA) is 60.5 Å². The molecule has 0 aromatic carbocycles. The first kappa shape index (κ1) is 15.1. The van der Waals surface area contributed by atoms with E-state index < -0.39 is 5.97 Å². The number of ether oxygens (including phenoxy) is 2. The minimum absolute atomic E-state index is 0.0409. The van der Waals surface area contributed by atoms with Crippen molar-refractivity contribution in [3.63, 3.8) is 0 Å². The summed E-state index contributed by atoms with van der Waals surface area (Å²) in [6.45, 7) is 2.93. The number of hydrogen-bond donors (Lipinski definition) is 1. The van der Waals surface area contributed by atoms with Crippen LogP contribution in [0.2, 0.25) is 0 Å². The number of nitrogens with zero attached hydrogens (tertiary/aromatic N) is 1. The lowest BCUT2D eigenvalue weighted by atomic mass is 10.0. The van der Waals surface area contributed by atoms with Gasteiger partial charge in [-0.3, -0.25) is 0 Å². The summed E-state index contributed by atoms with van der Waals surface area (Å²) in [5, 5.41) is 3.37. The summed E-state index contributed by atoms with van der Waals surface area (Å²) in [6, 6.07) is 2.31. The van der Waals surface area contributed by atoms with Crippen LogP contribution in [0, 0.1) is 0 Å². The first-order chi connectivity index (χ1) is 9.65. The first-order valence-electron chi connectivity index (χ1n) is 6.67. The van der Waals surface area contributed by atoms with E-state index >= 15 is 0 Å². The molecule has 0 radical (unpaired) electrons. The molecule has 1 saturated heterocycles. The van der Waals surface area contributed by atoms with E-state index in [1.807, 2.05) is 6.26 Å². The lowest BCUT2D eigenvalue weighted by molar-refractivity contribution is 0.0583. The van der Waals surface area contributed by atoms with Gasteiger partial charge in [0.05, 0.1) is 7.11 Å². The second-order valence-corrected chi connectivity index (χ2v) is 5.66. The van der Waals surface area contributed by atoms with Gasteiger partial charge in [0.1, 0.15) is 11.7 Å². The fourth-order valence-corrected chi connectivity index (χ4v) is 2.78. The fourth-order valence-electron chi connectivity index (χ4n) is 2.21. The second-order valence-electron chi connectivity index (χ2n) is 4.81. The molecule has 1 aromatic rings. The third-order valence-corrected chi connectivity index (χ3v) is 4.16. The number of rotatable bonds is 4. The molecule has 0 spiro atoms. The summed E-state index contributed by atoms with van der Waals surface area (Å²) in [6.07, 6.45) is 5.63. The van der Waals surface area contributed by atoms with Gasteiger partial charge in [0, 0.05) is 23.7 Å². The van der Waals surface area contributed by atoms with Crippen molar-refractivity contribution in [3.05, 3.63) is 17.8 Å². The third kappa shape index (κ3) is 3.43. The maximum atomic E-state index is 11.9. The summed E-state index contributed by atoms with van der Waals surface area (Å²) in [5.41, 5.74) is 0.418. The Kier molecular flexibility index (Phi) is 5.25. The molecule has 20 heavy (non-hydrogen) atoms. The van der Waals surface area contributed by atoms with Crippen LogP contribution in [0.4, 0.5) is 0 Å². The Morgan fingerprint density at radius 1 is 1.50 bits per heavy atom. The van der Waals surface area contributed by atoms with Gasteiger partial charge in [-0.1, -0.05) is 0 Å². The normalized spacial score (nSPS) is 22.4. The minimum atomic E-state index is -0.408. The predicted octanol–water partition coefficient (Wildman–Crippen LogP) is 2.11. The molecule has 0 aliphatic carbocycles. The van der Waals surface area contributed by atoms with Crippen LogP contribution in [-0.2, 0) is 4.74 Å². The number of hydrogen-bond acceptors (Lipinski definition) is 6. The number of carbonyl (C=O) groups excluding carboxylic acids is 1. The molecule has 0 saturated carbocycles. The highest BCUT2D eigenvalue weighted by molar-refractivity contribution is 7.98. The summed E-state index contributed by atoms with van der Waals surface area (Å²) >= 11 is 1.48. The largest absolute Gasteiger partial charge is 0.472 e. The fraction of sp³-hybridized carbons (Fsp3) is 0.571. The van der Waals surface area contributed by atoms with Crippen molar-refractivity contribution in [2.24, 2.45) is 0 Å². The molecule has 6 heteroatoms. The number of pyridine rings is 1. The molecule has 0 amide bonds. The van der Waals surface area contributed by atoms with Crippen molar-refractivity contribution >= 4 is 17.7 Å². The van der Waals surface area contributed by atoms with Gasteiger partial charge in [-0.25, -0.2) is 9.78 Å². The van der Waals surface area contributed by atoms with Crippen LogP contribution < -0.4 is 10.1 Å². The van der Waals surface area contributed by atoms with E-state index in [1.165, 1.54) is 18.9 Å². The van der Waals surface area contributed by atoms with Gasteiger partial charge in [-0.2, -0.15) is 0 Å². The van der Waals surface area contributed by atoms with E-state index in [0.29, 0.717) is 17.5 Å². The summed E-state index contributed by atoms with van der Waals surface area (Å²) < 4.78 is 10.8. The van der Waals surface area contributed by atoms with Gasteiger partial charge in [-0.15, -0.1) is 11.8 Å². The Bertz CT molecular complexity index is 473. The highest BCUT2D eigenvalue weighted by Gasteiger charge is 2.24. The van der Waals surface area contributed by atoms with Gasteiger partial charge in [0.15, 0.2) is 0 Å². The Balaban J connectivity index is 2.20. The van der Waals surface area contributed by atoms with E-state index in [0.717, 1.165) is 24.3 Å². The van der Waals surface area contributed by atoms with Gasteiger partial charge in [-0.05, 0) is 32.1 Å². The molecule has 1 fully saturated rings. The quantitative estimate of drug-likeness (QED) is 0.678. The Morgan fingerprint density at radius 3 is 2.90 bits per heavy atom. The Morgan fingerprint density at radius 2 is 2.30 bits per heavy atom. The smallest absolute Gasteiger partial charge is 0.344 e. The van der Waals surface area contributed by atoms with Gasteiger partial charge < -0.3 is 14.8 Å². The van der Waals surface area contributed by atoms with E-state index in [-0.39, 0.29) is 6.10 Å². The zero-order valence-corrected chi connectivity index (χ0v) is 12.8. The van der Waals surface area contributed by atoms with E-state index in [2.05, 4.69) is 17.2 Å². The average Bonchev–Trinajstić information content (AvgIpc) is 2.48. The summed E-state index contributed by atoms with van der Waals surface area (Å²) in [4.78, 5) is 17.0. The highest BCUT2D eigenvalue weighted by atomic mass is 32.2. The van der Waals surface area contributed by atoms with E-state index in [1.54, 1.807) is 12.3 Å². The average molecular weight is 296 g/mol. The Hall–Kier alpha value is -1.27. The molecule has 1 aromatic heterocycles. The number of thioether (sulfide) groups is 1. The van der Waals surface area contributed by atoms with Crippen LogP contribution in [-0.4, -0.2) is 43.0 Å². The molecular weight excluding hydrogens is 276 g/mol. The molecule has 0 bridgehead atoms. The Labute approximate surface area is 123 Å². The zero-order chi connectivity index (χ0) is 14.5. The van der Waals surface area contributed by atoms with Gasteiger partial charge in [0.25, 0.3) is 0 Å². The van der Waals surface area contributed by atoms with Crippen LogP contribution in [0.1, 0.15) is 30.1 Å². The number of nitrogens with one attached hydrogen (secondary N) is 1. The molecule has 2 heterocycles. The molecule has 5 nitrogen and oxygen atoms in total. The van der Waals surface area contributed by atoms with Crippen LogP contribution >= 0.6 is 11.8 Å². The van der Waals surface area contributed by atoms with Crippen molar-refractivity contribution in [2.45, 2.75) is 36.8 Å². The van der Waals surface area contributed by atoms with Gasteiger partial charge >= 0.3 is 5.97 Å². The van der Waals surface area contributed by atoms with Crippen molar-refractivity contribution < 1.29 is 14.3 Å². The number of piperidine rings is 1. The van der Waals surface area contributed by atoms with Crippen LogP contribution in [0.15, 0.2) is 17.2 Å². The molecule has 2 atom stereocenters. The standard InChI is InChI=1S/C14H20N2O3S/c1-9-4-5-10(8-16-9)19-13-12(14(17)18-2)11(20-3)6-7-15-13/h6-7,9-10,16H,4-5,8H2,1-3H3/t9-,10-/m1/s1. The summed E-state index contributed by atoms with van der Waals surface area (Å²) in [5.74, 6) is -0.0420. The molecular formula is C14H20N2O3S. The zero-order valence-electron chi connectivity index (χ0n) is 12.0. The molecule has 1 aliphatic rings. The molecule has 1 aliphatic heterocycles. The van der Waals surface area contributed by atoms with E-state index in [9.17, 15) is 4.79 Å².